The van der Waals surface area contributed by atoms with E-state index in [1.807, 2.05) is 0 Å². The summed E-state index contributed by atoms with van der Waals surface area (Å²) < 4.78 is 45.4. The second-order valence-electron chi connectivity index (χ2n) is 18.4. The van der Waals surface area contributed by atoms with Crippen molar-refractivity contribution in [3.05, 3.63) is 0 Å². The van der Waals surface area contributed by atoms with E-state index in [-0.39, 0.29) is 12.8 Å². The smallest absolute Gasteiger partial charge is 0.462 e. The van der Waals surface area contributed by atoms with Crippen molar-refractivity contribution in [1.29, 1.82) is 0 Å². The highest BCUT2D eigenvalue weighted by Crippen LogP contribution is 2.48. The van der Waals surface area contributed by atoms with Gasteiger partial charge in [-0.2, -0.15) is 0 Å². The Balaban J connectivity index is 1.95. The number of hydrogen-bond donors (Lipinski definition) is 9. The molecule has 0 bridgehead atoms. The Kier molecular flexibility index (Phi) is 32.9. The van der Waals surface area contributed by atoms with Gasteiger partial charge < -0.3 is 64.7 Å². The van der Waals surface area contributed by atoms with E-state index in [1.54, 1.807) is 0 Å². The van der Waals surface area contributed by atoms with E-state index in [9.17, 15) is 59.9 Å². The summed E-state index contributed by atoms with van der Waals surface area (Å²) in [7, 11) is -5.37. The Morgan fingerprint density at radius 2 is 0.909 bits per heavy atom. The Morgan fingerprint density at radius 1 is 0.515 bits per heavy atom. The van der Waals surface area contributed by atoms with E-state index >= 15 is 0 Å². The summed E-state index contributed by atoms with van der Waals surface area (Å²) in [5.74, 6) is -1.21. The lowest BCUT2D eigenvalue weighted by Crippen LogP contribution is -2.67. The molecule has 9 N–H and O–H groups in total. The van der Waals surface area contributed by atoms with Gasteiger partial charge in [0.15, 0.2) is 12.4 Å². The lowest BCUT2D eigenvalue weighted by atomic mass is 9.84. The molecule has 0 aromatic carbocycles. The van der Waals surface area contributed by atoms with Gasteiger partial charge in [0.05, 0.1) is 13.2 Å². The van der Waals surface area contributed by atoms with Crippen molar-refractivity contribution in [1.82, 2.24) is 0 Å². The maximum Gasteiger partial charge on any atom is 0.472 e. The Labute approximate surface area is 393 Å². The molecule has 2 fully saturated rings. The normalized spacial score (nSPS) is 28.2. The monoisotopic (exact) mass is 973 g/mol. The van der Waals surface area contributed by atoms with Gasteiger partial charge >= 0.3 is 19.8 Å². The average Bonchev–Trinajstić information content (AvgIpc) is 3.29. The van der Waals surface area contributed by atoms with Crippen LogP contribution < -0.4 is 0 Å². The second kappa shape index (κ2) is 35.7. The van der Waals surface area contributed by atoms with E-state index < -0.39 is 113 Å². The molecule has 2 aliphatic rings. The number of ether oxygens (including phenoxy) is 4. The third kappa shape index (κ3) is 24.5. The van der Waals surface area contributed by atoms with E-state index in [2.05, 4.69) is 13.8 Å². The zero-order chi connectivity index (χ0) is 48.7. The first-order valence-electron chi connectivity index (χ1n) is 25.4. The fraction of sp³-hybridized carbons (Fsp3) is 0.957. The number of unbranched alkanes of at least 4 members (excludes halogenated alkanes) is 24. The topological polar surface area (TPSA) is 289 Å². The summed E-state index contributed by atoms with van der Waals surface area (Å²) in [4.78, 5) is 36.5. The zero-order valence-corrected chi connectivity index (χ0v) is 40.9. The van der Waals surface area contributed by atoms with Crippen LogP contribution in [0.1, 0.15) is 194 Å². The van der Waals surface area contributed by atoms with E-state index in [0.29, 0.717) is 12.8 Å². The molecule has 0 spiro atoms. The zero-order valence-electron chi connectivity index (χ0n) is 40.0. The molecule has 390 valence electrons. The van der Waals surface area contributed by atoms with Crippen LogP contribution in [0.15, 0.2) is 0 Å². The molecule has 18 nitrogen and oxygen atoms in total. The van der Waals surface area contributed by atoms with Crippen molar-refractivity contribution in [3.8, 4) is 0 Å². The number of aliphatic hydroxyl groups is 8. The van der Waals surface area contributed by atoms with Gasteiger partial charge in [0, 0.05) is 12.8 Å². The minimum Gasteiger partial charge on any atom is -0.462 e. The highest BCUT2D eigenvalue weighted by atomic mass is 31.2. The number of rotatable bonds is 39. The van der Waals surface area contributed by atoms with Crippen molar-refractivity contribution < 1.29 is 87.9 Å². The first kappa shape index (κ1) is 60.8. The van der Waals surface area contributed by atoms with Crippen LogP contribution in [0.4, 0.5) is 0 Å². The Bertz CT molecular complexity index is 1300. The number of carbonyl (C=O) groups excluding carboxylic acids is 2. The van der Waals surface area contributed by atoms with Crippen LogP contribution in [0.5, 0.6) is 0 Å². The third-order valence-electron chi connectivity index (χ3n) is 12.6. The molecule has 2 rings (SSSR count). The minimum absolute atomic E-state index is 0.0395. The largest absolute Gasteiger partial charge is 0.472 e. The number of carbonyl (C=O) groups is 2. The SMILES string of the molecule is CCCCCCCCCCCCCCCC(=O)OC[C@H](COP(=O)(O)O[C@@H]1C(O)C(O)[C@@H](O)C(O)[C@H]1O[C@H]1OC(CO)[C@@H](O)C(O)[C@H]1O)OC(=O)CCCCCCCCCCCCCCC. The van der Waals surface area contributed by atoms with Crippen LogP contribution >= 0.6 is 7.82 Å². The molecule has 1 aliphatic heterocycles. The Morgan fingerprint density at radius 3 is 1.35 bits per heavy atom. The van der Waals surface area contributed by atoms with Gasteiger partial charge in [-0.05, 0) is 12.8 Å². The van der Waals surface area contributed by atoms with E-state index in [1.165, 1.54) is 103 Å². The Hall–Kier alpha value is -1.35. The summed E-state index contributed by atoms with van der Waals surface area (Å²) in [6.07, 6.45) is 6.17. The van der Waals surface area contributed by atoms with Gasteiger partial charge in [0.2, 0.25) is 0 Å². The lowest BCUT2D eigenvalue weighted by molar-refractivity contribution is -0.338. The van der Waals surface area contributed by atoms with Crippen LogP contribution in [-0.2, 0) is 42.1 Å². The van der Waals surface area contributed by atoms with Crippen molar-refractivity contribution in [2.75, 3.05) is 19.8 Å². The van der Waals surface area contributed by atoms with E-state index in [4.69, 9.17) is 28.0 Å². The number of esters is 2. The summed E-state index contributed by atoms with van der Waals surface area (Å²) >= 11 is 0. The molecule has 0 radical (unpaired) electrons. The molecule has 6 unspecified atom stereocenters. The number of aliphatic hydroxyl groups excluding tert-OH is 8. The number of phosphoric ester groups is 1. The van der Waals surface area contributed by atoms with Gasteiger partial charge in [-0.1, -0.05) is 168 Å². The van der Waals surface area contributed by atoms with Crippen molar-refractivity contribution >= 4 is 19.8 Å². The maximum atomic E-state index is 13.4. The summed E-state index contributed by atoms with van der Waals surface area (Å²) in [5, 5.41) is 82.9. The standard InChI is InChI=1S/C47H89O18P/c1-3-5-7-9-11-13-15-17-19-21-23-25-27-29-36(49)60-32-34(62-37(50)30-28-26-24-22-20-18-16-14-12-10-8-6-4-2)33-61-66(58,59)65-46-43(56)41(54)40(53)42(55)45(46)64-47-44(57)39(52)38(51)35(31-48)63-47/h34-35,38-48,51-57H,3-33H2,1-2H3,(H,58,59)/t34-,35?,38-,39?,40-,41?,42?,43?,44-,45-,46-,47-/m1/s1. The molecule has 0 aromatic heterocycles. The molecule has 66 heavy (non-hydrogen) atoms. The van der Waals surface area contributed by atoms with Gasteiger partial charge in [-0.3, -0.25) is 18.6 Å². The molecule has 1 aliphatic carbocycles. The van der Waals surface area contributed by atoms with Crippen LogP contribution in [0, 0.1) is 0 Å². The van der Waals surface area contributed by atoms with Crippen LogP contribution in [0.3, 0.4) is 0 Å². The molecule has 19 heteroatoms. The molecule has 0 aromatic rings. The fourth-order valence-electron chi connectivity index (χ4n) is 8.35. The van der Waals surface area contributed by atoms with Gasteiger partial charge in [-0.25, -0.2) is 4.57 Å². The summed E-state index contributed by atoms with van der Waals surface area (Å²) in [6, 6.07) is 0. The lowest BCUT2D eigenvalue weighted by Gasteiger charge is -2.47. The molecule has 1 saturated heterocycles. The predicted octanol–water partition coefficient (Wildman–Crippen LogP) is 5.55. The van der Waals surface area contributed by atoms with Gasteiger partial charge in [-0.15, -0.1) is 0 Å². The number of hydrogen-bond acceptors (Lipinski definition) is 17. The first-order valence-corrected chi connectivity index (χ1v) is 26.9. The predicted molar refractivity (Wildman–Crippen MR) is 245 cm³/mol. The molecule has 0 amide bonds. The first-order chi connectivity index (χ1) is 31.7. The van der Waals surface area contributed by atoms with Gasteiger partial charge in [0.1, 0.15) is 67.6 Å². The summed E-state index contributed by atoms with van der Waals surface area (Å²) in [6.45, 7) is 2.23. The van der Waals surface area contributed by atoms with Gasteiger partial charge in [0.25, 0.3) is 0 Å². The molecule has 1 heterocycles. The average molecular weight is 973 g/mol. The third-order valence-corrected chi connectivity index (χ3v) is 13.5. The van der Waals surface area contributed by atoms with Crippen molar-refractivity contribution in [2.24, 2.45) is 0 Å². The van der Waals surface area contributed by atoms with Crippen molar-refractivity contribution in [2.45, 2.75) is 267 Å². The fourth-order valence-corrected chi connectivity index (χ4v) is 9.32. The second-order valence-corrected chi connectivity index (χ2v) is 19.8. The van der Waals surface area contributed by atoms with E-state index in [0.717, 1.165) is 51.4 Å². The summed E-state index contributed by atoms with van der Waals surface area (Å²) in [5.41, 5.74) is 0. The number of phosphoric acid groups is 1. The maximum absolute atomic E-state index is 13.4. The quantitative estimate of drug-likeness (QED) is 0.0207. The molecule has 13 atom stereocenters. The highest BCUT2D eigenvalue weighted by molar-refractivity contribution is 7.47. The highest BCUT2D eigenvalue weighted by Gasteiger charge is 2.55. The van der Waals surface area contributed by atoms with Crippen LogP contribution in [-0.4, -0.2) is 151 Å². The molecular formula is C47H89O18P. The minimum atomic E-state index is -5.37. The molecule has 1 saturated carbocycles. The van der Waals surface area contributed by atoms with Crippen LogP contribution in [0.25, 0.3) is 0 Å². The van der Waals surface area contributed by atoms with Crippen LogP contribution in [0.2, 0.25) is 0 Å². The molecular weight excluding hydrogens is 883 g/mol. The van der Waals surface area contributed by atoms with Crippen molar-refractivity contribution in [3.63, 3.8) is 0 Å².